The number of aliphatic hydroxyl groups excluding tert-OH is 3. The van der Waals surface area contributed by atoms with Gasteiger partial charge < -0.3 is 25.0 Å². The Hall–Kier alpha value is -0.690. The van der Waals surface area contributed by atoms with Crippen LogP contribution in [0.3, 0.4) is 0 Å². The molecule has 2 aliphatic heterocycles. The number of ether oxygens (including phenoxy) is 1. The van der Waals surface area contributed by atoms with Crippen LogP contribution in [-0.2, 0) is 4.74 Å². The first-order valence-corrected chi connectivity index (χ1v) is 4.62. The fraction of sp³-hybridized carbons (Fsp3) is 0.875. The van der Waals surface area contributed by atoms with E-state index in [4.69, 9.17) is 9.84 Å². The van der Waals surface area contributed by atoms with Gasteiger partial charge in [0.15, 0.2) is 6.23 Å². The van der Waals surface area contributed by atoms with Crippen LogP contribution in [-0.4, -0.2) is 70.8 Å². The fourth-order valence-corrected chi connectivity index (χ4v) is 1.74. The molecule has 1 unspecified atom stereocenters. The van der Waals surface area contributed by atoms with Crippen molar-refractivity contribution in [3.05, 3.63) is 0 Å². The van der Waals surface area contributed by atoms with Crippen molar-refractivity contribution in [2.24, 2.45) is 4.99 Å². The highest BCUT2D eigenvalue weighted by atomic mass is 16.6. The first-order valence-electron chi connectivity index (χ1n) is 4.62. The lowest BCUT2D eigenvalue weighted by molar-refractivity contribution is -0.0668. The highest BCUT2D eigenvalue weighted by Crippen LogP contribution is 2.23. The molecule has 1 fully saturated rings. The summed E-state index contributed by atoms with van der Waals surface area (Å²) >= 11 is 0. The van der Waals surface area contributed by atoms with Crippen LogP contribution in [0.15, 0.2) is 4.99 Å². The standard InChI is InChI=1S/C8H14N2O4/c11-3-5-6(12)7(13)8(14-5)10-2-1-9-4-10/h4-8,11-13H,1-3H2/t5-,6-,7-,8?/m1/s1. The minimum atomic E-state index is -1.03. The summed E-state index contributed by atoms with van der Waals surface area (Å²) in [7, 11) is 0. The molecule has 0 spiro atoms. The number of aliphatic hydroxyl groups is 3. The Bertz CT molecular complexity index is 235. The van der Waals surface area contributed by atoms with Gasteiger partial charge in [-0.25, -0.2) is 0 Å². The molecule has 0 bridgehead atoms. The van der Waals surface area contributed by atoms with E-state index in [-0.39, 0.29) is 6.61 Å². The Kier molecular flexibility index (Phi) is 2.69. The SMILES string of the molecule is OC[C@H]1OC(N2C=NCC2)[C@H](O)[C@@H]1O. The number of rotatable bonds is 2. The lowest BCUT2D eigenvalue weighted by Gasteiger charge is -2.24. The lowest BCUT2D eigenvalue weighted by atomic mass is 10.1. The smallest absolute Gasteiger partial charge is 0.160 e. The monoisotopic (exact) mass is 202 g/mol. The third-order valence-corrected chi connectivity index (χ3v) is 2.56. The lowest BCUT2D eigenvalue weighted by Crippen LogP contribution is -2.42. The van der Waals surface area contributed by atoms with Gasteiger partial charge in [-0.15, -0.1) is 0 Å². The molecule has 0 aromatic rings. The van der Waals surface area contributed by atoms with Crippen molar-refractivity contribution in [3.63, 3.8) is 0 Å². The number of hydrogen-bond donors (Lipinski definition) is 3. The zero-order valence-corrected chi connectivity index (χ0v) is 7.65. The van der Waals surface area contributed by atoms with Crippen LogP contribution in [0, 0.1) is 0 Å². The van der Waals surface area contributed by atoms with E-state index in [2.05, 4.69) is 4.99 Å². The quantitative estimate of drug-likeness (QED) is 0.472. The second-order valence-corrected chi connectivity index (χ2v) is 3.49. The van der Waals surface area contributed by atoms with E-state index < -0.39 is 24.5 Å². The summed E-state index contributed by atoms with van der Waals surface area (Å²) in [5.74, 6) is 0. The molecular formula is C8H14N2O4. The Morgan fingerprint density at radius 3 is 2.71 bits per heavy atom. The van der Waals surface area contributed by atoms with Gasteiger partial charge in [-0.2, -0.15) is 0 Å². The van der Waals surface area contributed by atoms with Gasteiger partial charge in [-0.05, 0) is 0 Å². The molecule has 2 heterocycles. The van der Waals surface area contributed by atoms with Crippen molar-refractivity contribution >= 4 is 6.34 Å². The third-order valence-electron chi connectivity index (χ3n) is 2.56. The van der Waals surface area contributed by atoms with Gasteiger partial charge in [0.2, 0.25) is 0 Å². The Balaban J connectivity index is 2.03. The highest BCUT2D eigenvalue weighted by Gasteiger charge is 2.44. The molecule has 0 aliphatic carbocycles. The van der Waals surface area contributed by atoms with Gasteiger partial charge in [0.1, 0.15) is 18.3 Å². The first kappa shape index (κ1) is 9.85. The van der Waals surface area contributed by atoms with Gasteiger partial charge in [0.25, 0.3) is 0 Å². The van der Waals surface area contributed by atoms with E-state index in [9.17, 15) is 10.2 Å². The van der Waals surface area contributed by atoms with Crippen molar-refractivity contribution in [1.29, 1.82) is 0 Å². The molecule has 2 aliphatic rings. The summed E-state index contributed by atoms with van der Waals surface area (Å²) < 4.78 is 5.30. The maximum atomic E-state index is 9.63. The minimum absolute atomic E-state index is 0.292. The van der Waals surface area contributed by atoms with Gasteiger partial charge in [-0.1, -0.05) is 0 Å². The molecule has 80 valence electrons. The zero-order chi connectivity index (χ0) is 10.1. The van der Waals surface area contributed by atoms with Crippen LogP contribution in [0.1, 0.15) is 0 Å². The number of aliphatic imine (C=N–C) groups is 1. The van der Waals surface area contributed by atoms with Crippen LogP contribution in [0.4, 0.5) is 0 Å². The minimum Gasteiger partial charge on any atom is -0.394 e. The number of hydrogen-bond acceptors (Lipinski definition) is 6. The molecule has 0 aromatic carbocycles. The van der Waals surface area contributed by atoms with Crippen LogP contribution < -0.4 is 0 Å². The molecule has 0 aromatic heterocycles. The molecule has 14 heavy (non-hydrogen) atoms. The first-order chi connectivity index (χ1) is 6.74. The van der Waals surface area contributed by atoms with Crippen molar-refractivity contribution in [2.45, 2.75) is 24.5 Å². The van der Waals surface area contributed by atoms with Gasteiger partial charge in [0, 0.05) is 6.54 Å². The highest BCUT2D eigenvalue weighted by molar-refractivity contribution is 5.57. The van der Waals surface area contributed by atoms with Crippen molar-refractivity contribution in [3.8, 4) is 0 Å². The van der Waals surface area contributed by atoms with Gasteiger partial charge >= 0.3 is 0 Å². The van der Waals surface area contributed by atoms with Crippen LogP contribution in [0.2, 0.25) is 0 Å². The molecular weight excluding hydrogens is 188 g/mol. The second-order valence-electron chi connectivity index (χ2n) is 3.49. The Labute approximate surface area is 81.4 Å². The average Bonchev–Trinajstić information content (AvgIpc) is 2.78. The summed E-state index contributed by atoms with van der Waals surface area (Å²) in [5, 5.41) is 28.0. The summed E-state index contributed by atoms with van der Waals surface area (Å²) in [6.07, 6.45) is -1.71. The zero-order valence-electron chi connectivity index (χ0n) is 7.65. The molecule has 1 saturated heterocycles. The fourth-order valence-electron chi connectivity index (χ4n) is 1.74. The van der Waals surface area contributed by atoms with E-state index in [0.717, 1.165) is 0 Å². The van der Waals surface area contributed by atoms with Crippen LogP contribution in [0.25, 0.3) is 0 Å². The second kappa shape index (κ2) is 3.82. The maximum Gasteiger partial charge on any atom is 0.160 e. The largest absolute Gasteiger partial charge is 0.394 e. The average molecular weight is 202 g/mol. The van der Waals surface area contributed by atoms with Gasteiger partial charge in [0.05, 0.1) is 19.5 Å². The summed E-state index contributed by atoms with van der Waals surface area (Å²) in [6.45, 7) is 1.05. The van der Waals surface area contributed by atoms with E-state index in [1.807, 2.05) is 0 Å². The third kappa shape index (κ3) is 1.50. The summed E-state index contributed by atoms with van der Waals surface area (Å²) in [6, 6.07) is 0. The topological polar surface area (TPSA) is 85.5 Å². The molecule has 0 saturated carbocycles. The van der Waals surface area contributed by atoms with Crippen molar-refractivity contribution < 1.29 is 20.1 Å². The van der Waals surface area contributed by atoms with Crippen molar-refractivity contribution in [1.82, 2.24) is 4.90 Å². The predicted octanol–water partition coefficient (Wildman–Crippen LogP) is -2.23. The maximum absolute atomic E-state index is 9.63. The molecule has 6 nitrogen and oxygen atoms in total. The summed E-state index contributed by atoms with van der Waals surface area (Å²) in [5.41, 5.74) is 0. The summed E-state index contributed by atoms with van der Waals surface area (Å²) in [4.78, 5) is 5.71. The molecule has 3 N–H and O–H groups in total. The number of nitrogens with zero attached hydrogens (tertiary/aromatic N) is 2. The molecule has 0 radical (unpaired) electrons. The molecule has 4 atom stereocenters. The van der Waals surface area contributed by atoms with E-state index in [1.54, 1.807) is 11.2 Å². The molecule has 6 heteroatoms. The normalized spacial score (nSPS) is 42.4. The van der Waals surface area contributed by atoms with E-state index in [0.29, 0.717) is 13.1 Å². The van der Waals surface area contributed by atoms with E-state index in [1.165, 1.54) is 0 Å². The Morgan fingerprint density at radius 1 is 1.43 bits per heavy atom. The van der Waals surface area contributed by atoms with Crippen molar-refractivity contribution in [2.75, 3.05) is 19.7 Å². The molecule has 0 amide bonds. The van der Waals surface area contributed by atoms with Gasteiger partial charge in [-0.3, -0.25) is 4.99 Å². The Morgan fingerprint density at radius 2 is 2.21 bits per heavy atom. The molecule has 2 rings (SSSR count). The predicted molar refractivity (Wildman–Crippen MR) is 47.8 cm³/mol. The van der Waals surface area contributed by atoms with E-state index >= 15 is 0 Å². The van der Waals surface area contributed by atoms with Crippen LogP contribution in [0.5, 0.6) is 0 Å². The van der Waals surface area contributed by atoms with Crippen LogP contribution >= 0.6 is 0 Å².